The zero-order valence-corrected chi connectivity index (χ0v) is 15.6. The van der Waals surface area contributed by atoms with Gasteiger partial charge in [0.15, 0.2) is 0 Å². The maximum Gasteiger partial charge on any atom is 0.223 e. The SMILES string of the molecule is CC(=O)N(CCC(=O)NC1CCCCC1)c1ccc(OC(C)C)cc1. The third kappa shape index (κ3) is 6.40. The first-order chi connectivity index (χ1) is 12.0. The van der Waals surface area contributed by atoms with E-state index in [-0.39, 0.29) is 17.9 Å². The third-order valence-electron chi connectivity index (χ3n) is 4.43. The van der Waals surface area contributed by atoms with E-state index in [0.717, 1.165) is 24.3 Å². The molecule has 2 rings (SSSR count). The van der Waals surface area contributed by atoms with Crippen LogP contribution >= 0.6 is 0 Å². The van der Waals surface area contributed by atoms with E-state index >= 15 is 0 Å². The molecule has 2 amide bonds. The zero-order chi connectivity index (χ0) is 18.2. The Hall–Kier alpha value is -2.04. The summed E-state index contributed by atoms with van der Waals surface area (Å²) in [5.74, 6) is 0.734. The molecule has 138 valence electrons. The molecule has 5 heteroatoms. The van der Waals surface area contributed by atoms with Gasteiger partial charge in [0, 0.05) is 31.6 Å². The lowest BCUT2D eigenvalue weighted by Crippen LogP contribution is -2.39. The van der Waals surface area contributed by atoms with Crippen LogP contribution in [0, 0.1) is 0 Å². The second-order valence-electron chi connectivity index (χ2n) is 6.98. The molecule has 1 aromatic rings. The minimum absolute atomic E-state index is 0.0258. The molecule has 0 atom stereocenters. The number of hydrogen-bond acceptors (Lipinski definition) is 3. The van der Waals surface area contributed by atoms with Gasteiger partial charge in [0.05, 0.1) is 6.10 Å². The predicted molar refractivity (Wildman–Crippen MR) is 99.9 cm³/mol. The molecule has 1 aromatic carbocycles. The van der Waals surface area contributed by atoms with Crippen molar-refractivity contribution in [3.63, 3.8) is 0 Å². The first kappa shape index (κ1) is 19.3. The van der Waals surface area contributed by atoms with E-state index < -0.39 is 0 Å². The second kappa shape index (κ2) is 9.44. The Kier molecular flexibility index (Phi) is 7.29. The smallest absolute Gasteiger partial charge is 0.223 e. The van der Waals surface area contributed by atoms with Gasteiger partial charge in [-0.3, -0.25) is 9.59 Å². The van der Waals surface area contributed by atoms with Gasteiger partial charge in [0.1, 0.15) is 5.75 Å². The Morgan fingerprint density at radius 1 is 1.16 bits per heavy atom. The summed E-state index contributed by atoms with van der Waals surface area (Å²) in [5, 5.41) is 3.10. The molecule has 0 aliphatic heterocycles. The van der Waals surface area contributed by atoms with Gasteiger partial charge in [-0.05, 0) is 51.0 Å². The molecule has 0 aromatic heterocycles. The topological polar surface area (TPSA) is 58.6 Å². The van der Waals surface area contributed by atoms with Crippen molar-refractivity contribution in [3.05, 3.63) is 24.3 Å². The summed E-state index contributed by atoms with van der Waals surface area (Å²) >= 11 is 0. The number of nitrogens with one attached hydrogen (secondary N) is 1. The fourth-order valence-corrected chi connectivity index (χ4v) is 3.21. The first-order valence-electron chi connectivity index (χ1n) is 9.30. The average molecular weight is 346 g/mol. The van der Waals surface area contributed by atoms with Crippen LogP contribution in [0.25, 0.3) is 0 Å². The van der Waals surface area contributed by atoms with E-state index in [2.05, 4.69) is 5.32 Å². The molecule has 0 bridgehead atoms. The van der Waals surface area contributed by atoms with Crippen LogP contribution in [0.1, 0.15) is 59.3 Å². The lowest BCUT2D eigenvalue weighted by atomic mass is 9.95. The molecular weight excluding hydrogens is 316 g/mol. The number of hydrogen-bond donors (Lipinski definition) is 1. The molecule has 1 saturated carbocycles. The lowest BCUT2D eigenvalue weighted by molar-refractivity contribution is -0.121. The summed E-state index contributed by atoms with van der Waals surface area (Å²) in [5.41, 5.74) is 0.786. The molecule has 1 fully saturated rings. The number of nitrogens with zero attached hydrogens (tertiary/aromatic N) is 1. The standard InChI is InChI=1S/C20H30N2O3/c1-15(2)25-19-11-9-18(10-12-19)22(16(3)23)14-13-20(24)21-17-7-5-4-6-8-17/h9-12,15,17H,4-8,13-14H2,1-3H3,(H,21,24). The second-order valence-corrected chi connectivity index (χ2v) is 6.98. The molecule has 5 nitrogen and oxygen atoms in total. The maximum atomic E-state index is 12.2. The number of carbonyl (C=O) groups excluding carboxylic acids is 2. The Balaban J connectivity index is 1.89. The van der Waals surface area contributed by atoms with Crippen LogP contribution in [-0.2, 0) is 9.59 Å². The molecule has 0 unspecified atom stereocenters. The van der Waals surface area contributed by atoms with Crippen molar-refractivity contribution < 1.29 is 14.3 Å². The van der Waals surface area contributed by atoms with Crippen LogP contribution in [0.15, 0.2) is 24.3 Å². The molecule has 1 aliphatic rings. The van der Waals surface area contributed by atoms with E-state index in [0.29, 0.717) is 19.0 Å². The van der Waals surface area contributed by atoms with Crippen molar-refractivity contribution in [1.82, 2.24) is 5.32 Å². The van der Waals surface area contributed by atoms with Gasteiger partial charge in [-0.25, -0.2) is 0 Å². The van der Waals surface area contributed by atoms with Gasteiger partial charge < -0.3 is 15.0 Å². The van der Waals surface area contributed by atoms with Crippen LogP contribution in [0.4, 0.5) is 5.69 Å². The fraction of sp³-hybridized carbons (Fsp3) is 0.600. The van der Waals surface area contributed by atoms with Crippen molar-refractivity contribution in [2.24, 2.45) is 0 Å². The van der Waals surface area contributed by atoms with E-state index in [1.165, 1.54) is 26.2 Å². The molecule has 0 saturated heterocycles. The van der Waals surface area contributed by atoms with E-state index in [4.69, 9.17) is 4.74 Å². The fourth-order valence-electron chi connectivity index (χ4n) is 3.21. The highest BCUT2D eigenvalue weighted by molar-refractivity contribution is 5.92. The van der Waals surface area contributed by atoms with Crippen molar-refractivity contribution in [3.8, 4) is 5.75 Å². The molecular formula is C20H30N2O3. The molecule has 0 spiro atoms. The highest BCUT2D eigenvalue weighted by Gasteiger charge is 2.18. The Labute approximate surface area is 150 Å². The van der Waals surface area contributed by atoms with Gasteiger partial charge in [-0.1, -0.05) is 19.3 Å². The number of amides is 2. The monoisotopic (exact) mass is 346 g/mol. The molecule has 25 heavy (non-hydrogen) atoms. The first-order valence-corrected chi connectivity index (χ1v) is 9.30. The van der Waals surface area contributed by atoms with Crippen molar-refractivity contribution in [2.45, 2.75) is 71.4 Å². The predicted octanol–water partition coefficient (Wildman–Crippen LogP) is 3.67. The van der Waals surface area contributed by atoms with Gasteiger partial charge in [0.25, 0.3) is 0 Å². The van der Waals surface area contributed by atoms with Gasteiger partial charge in [0.2, 0.25) is 11.8 Å². The maximum absolute atomic E-state index is 12.2. The third-order valence-corrected chi connectivity index (χ3v) is 4.43. The van der Waals surface area contributed by atoms with Gasteiger partial charge >= 0.3 is 0 Å². The summed E-state index contributed by atoms with van der Waals surface area (Å²) in [6.45, 7) is 5.86. The average Bonchev–Trinajstić information content (AvgIpc) is 2.56. The minimum atomic E-state index is -0.0667. The van der Waals surface area contributed by atoms with Crippen LogP contribution in [0.2, 0.25) is 0 Å². The van der Waals surface area contributed by atoms with E-state index in [9.17, 15) is 9.59 Å². The largest absolute Gasteiger partial charge is 0.491 e. The van der Waals surface area contributed by atoms with Gasteiger partial charge in [-0.15, -0.1) is 0 Å². The van der Waals surface area contributed by atoms with Crippen LogP contribution < -0.4 is 15.0 Å². The minimum Gasteiger partial charge on any atom is -0.491 e. The summed E-state index contributed by atoms with van der Waals surface area (Å²) in [6, 6.07) is 7.73. The zero-order valence-electron chi connectivity index (χ0n) is 15.6. The van der Waals surface area contributed by atoms with E-state index in [1.807, 2.05) is 38.1 Å². The summed E-state index contributed by atoms with van der Waals surface area (Å²) in [7, 11) is 0. The van der Waals surface area contributed by atoms with Crippen LogP contribution in [-0.4, -0.2) is 30.5 Å². The quantitative estimate of drug-likeness (QED) is 0.819. The van der Waals surface area contributed by atoms with Crippen LogP contribution in [0.3, 0.4) is 0 Å². The molecule has 1 aliphatic carbocycles. The summed E-state index contributed by atoms with van der Waals surface area (Å²) in [6.07, 6.45) is 6.21. The summed E-state index contributed by atoms with van der Waals surface area (Å²) in [4.78, 5) is 25.8. The van der Waals surface area contributed by atoms with Crippen molar-refractivity contribution >= 4 is 17.5 Å². The Bertz CT molecular complexity index is 563. The highest BCUT2D eigenvalue weighted by atomic mass is 16.5. The summed E-state index contributed by atoms with van der Waals surface area (Å²) < 4.78 is 5.62. The lowest BCUT2D eigenvalue weighted by Gasteiger charge is -2.24. The molecule has 0 heterocycles. The normalized spacial score (nSPS) is 15.0. The van der Waals surface area contributed by atoms with Crippen LogP contribution in [0.5, 0.6) is 5.75 Å². The van der Waals surface area contributed by atoms with E-state index in [1.54, 1.807) is 4.90 Å². The number of ether oxygens (including phenoxy) is 1. The van der Waals surface area contributed by atoms with Crippen molar-refractivity contribution in [2.75, 3.05) is 11.4 Å². The molecule has 0 radical (unpaired) electrons. The molecule has 1 N–H and O–H groups in total. The van der Waals surface area contributed by atoms with Gasteiger partial charge in [-0.2, -0.15) is 0 Å². The number of benzene rings is 1. The number of carbonyl (C=O) groups is 2. The number of anilines is 1. The highest BCUT2D eigenvalue weighted by Crippen LogP contribution is 2.21. The Morgan fingerprint density at radius 3 is 2.36 bits per heavy atom. The Morgan fingerprint density at radius 2 is 1.80 bits per heavy atom. The van der Waals surface area contributed by atoms with Crippen molar-refractivity contribution in [1.29, 1.82) is 0 Å². The number of rotatable bonds is 7.